The molecule has 178 valence electrons. The predicted octanol–water partition coefficient (Wildman–Crippen LogP) is 4.07. The number of benzene rings is 2. The maximum Gasteiger partial charge on any atom is 0.253 e. The van der Waals surface area contributed by atoms with E-state index in [-0.39, 0.29) is 5.91 Å². The van der Waals surface area contributed by atoms with Crippen molar-refractivity contribution in [2.75, 3.05) is 26.2 Å². The van der Waals surface area contributed by atoms with E-state index in [0.717, 1.165) is 5.69 Å². The number of aromatic nitrogens is 2. The maximum atomic E-state index is 13.2. The van der Waals surface area contributed by atoms with Crippen LogP contribution < -0.4 is 0 Å². The van der Waals surface area contributed by atoms with Crippen LogP contribution >= 0.6 is 0 Å². The molecule has 1 saturated carbocycles. The fourth-order valence-corrected chi connectivity index (χ4v) is 6.41. The van der Waals surface area contributed by atoms with E-state index in [1.807, 2.05) is 36.5 Å². The summed E-state index contributed by atoms with van der Waals surface area (Å²) in [7, 11) is -3.57. The molecule has 3 aromatic rings. The van der Waals surface area contributed by atoms with E-state index < -0.39 is 10.0 Å². The van der Waals surface area contributed by atoms with E-state index in [2.05, 4.69) is 5.10 Å². The molecular weight excluding hydrogens is 448 g/mol. The first-order valence-corrected chi connectivity index (χ1v) is 13.5. The molecule has 1 saturated heterocycles. The monoisotopic (exact) mass is 478 g/mol. The first kappa shape index (κ1) is 22.8. The topological polar surface area (TPSA) is 75.5 Å². The highest BCUT2D eigenvalue weighted by atomic mass is 32.2. The van der Waals surface area contributed by atoms with Gasteiger partial charge in [-0.1, -0.05) is 31.4 Å². The standard InChI is InChI=1S/C26H30N4O3S/c31-26(23-7-11-24(12-8-23)30-16-4-15-27-30)28-17-19-29(20-18-28)34(32,33)25-13-9-22(10-14-25)21-5-2-1-3-6-21/h4,7-16,21H,1-3,5-6,17-20H2. The van der Waals surface area contributed by atoms with Crippen LogP contribution in [0.3, 0.4) is 0 Å². The first-order valence-electron chi connectivity index (χ1n) is 12.0. The lowest BCUT2D eigenvalue weighted by Crippen LogP contribution is -2.50. The van der Waals surface area contributed by atoms with Crippen molar-refractivity contribution in [1.29, 1.82) is 0 Å². The summed E-state index contributed by atoms with van der Waals surface area (Å²) in [6.45, 7) is 1.34. The molecule has 0 N–H and O–H groups in total. The van der Waals surface area contributed by atoms with Crippen LogP contribution in [0.2, 0.25) is 0 Å². The first-order chi connectivity index (χ1) is 16.5. The normalized spacial score (nSPS) is 18.2. The van der Waals surface area contributed by atoms with Crippen LogP contribution in [-0.4, -0.2) is 59.5 Å². The largest absolute Gasteiger partial charge is 0.336 e. The van der Waals surface area contributed by atoms with Crippen LogP contribution in [0.15, 0.2) is 71.9 Å². The Morgan fingerprint density at radius 2 is 1.53 bits per heavy atom. The second-order valence-corrected chi connectivity index (χ2v) is 11.0. The van der Waals surface area contributed by atoms with Gasteiger partial charge in [0.2, 0.25) is 10.0 Å². The lowest BCUT2D eigenvalue weighted by molar-refractivity contribution is 0.0698. The minimum absolute atomic E-state index is 0.0825. The van der Waals surface area contributed by atoms with E-state index in [1.54, 1.807) is 40.0 Å². The number of carbonyl (C=O) groups is 1. The Hall–Kier alpha value is -2.97. The summed E-state index contributed by atoms with van der Waals surface area (Å²) >= 11 is 0. The van der Waals surface area contributed by atoms with E-state index in [0.29, 0.717) is 42.6 Å². The van der Waals surface area contributed by atoms with Crippen molar-refractivity contribution in [3.8, 4) is 5.69 Å². The number of rotatable bonds is 5. The molecule has 1 aromatic heterocycles. The molecule has 2 heterocycles. The average Bonchev–Trinajstić information content (AvgIpc) is 3.44. The van der Waals surface area contributed by atoms with Crippen LogP contribution in [-0.2, 0) is 10.0 Å². The minimum Gasteiger partial charge on any atom is -0.336 e. The summed E-state index contributed by atoms with van der Waals surface area (Å²) in [6, 6.07) is 16.6. The Morgan fingerprint density at radius 3 is 2.15 bits per heavy atom. The van der Waals surface area contributed by atoms with Crippen LogP contribution in [0.5, 0.6) is 0 Å². The molecule has 0 radical (unpaired) electrons. The third-order valence-corrected chi connectivity index (χ3v) is 8.92. The number of hydrogen-bond acceptors (Lipinski definition) is 4. The van der Waals surface area contributed by atoms with Gasteiger partial charge in [-0.25, -0.2) is 13.1 Å². The lowest BCUT2D eigenvalue weighted by atomic mass is 9.84. The Labute approximate surface area is 201 Å². The maximum absolute atomic E-state index is 13.2. The zero-order chi connectivity index (χ0) is 23.5. The average molecular weight is 479 g/mol. The van der Waals surface area contributed by atoms with Gasteiger partial charge in [-0.3, -0.25) is 4.79 Å². The molecule has 8 heteroatoms. The lowest BCUT2D eigenvalue weighted by Gasteiger charge is -2.34. The Bertz CT molecular complexity index is 1210. The number of carbonyl (C=O) groups excluding carboxylic acids is 1. The minimum atomic E-state index is -3.57. The predicted molar refractivity (Wildman–Crippen MR) is 130 cm³/mol. The summed E-state index contributed by atoms with van der Waals surface area (Å²) in [4.78, 5) is 15.0. The second kappa shape index (κ2) is 9.72. The van der Waals surface area contributed by atoms with Crippen LogP contribution in [0, 0.1) is 0 Å². The third-order valence-electron chi connectivity index (χ3n) is 7.00. The van der Waals surface area contributed by atoms with Gasteiger partial charge >= 0.3 is 0 Å². The molecule has 1 amide bonds. The molecule has 0 unspecified atom stereocenters. The molecule has 0 atom stereocenters. The second-order valence-electron chi connectivity index (χ2n) is 9.10. The van der Waals surface area contributed by atoms with Crippen molar-refractivity contribution in [1.82, 2.24) is 19.0 Å². The Balaban J connectivity index is 1.20. The molecule has 34 heavy (non-hydrogen) atoms. The molecule has 2 aliphatic rings. The van der Waals surface area contributed by atoms with Gasteiger partial charge in [0.15, 0.2) is 0 Å². The van der Waals surface area contributed by atoms with Crippen LogP contribution in [0.1, 0.15) is 53.9 Å². The van der Waals surface area contributed by atoms with E-state index in [9.17, 15) is 13.2 Å². The molecule has 0 spiro atoms. The van der Waals surface area contributed by atoms with E-state index in [4.69, 9.17) is 0 Å². The fourth-order valence-electron chi connectivity index (χ4n) is 4.99. The number of amides is 1. The molecule has 7 nitrogen and oxygen atoms in total. The Morgan fingerprint density at radius 1 is 0.853 bits per heavy atom. The summed E-state index contributed by atoms with van der Waals surface area (Å²) in [5.74, 6) is 0.467. The summed E-state index contributed by atoms with van der Waals surface area (Å²) in [5.41, 5.74) is 2.71. The van der Waals surface area contributed by atoms with Crippen molar-refractivity contribution < 1.29 is 13.2 Å². The molecule has 1 aliphatic carbocycles. The summed E-state index contributed by atoms with van der Waals surface area (Å²) in [5, 5.41) is 4.19. The SMILES string of the molecule is O=C(c1ccc(-n2cccn2)cc1)N1CCN(S(=O)(=O)c2ccc(C3CCCCC3)cc2)CC1. The number of sulfonamides is 1. The van der Waals surface area contributed by atoms with Crippen molar-refractivity contribution in [2.24, 2.45) is 0 Å². The zero-order valence-electron chi connectivity index (χ0n) is 19.2. The highest BCUT2D eigenvalue weighted by Gasteiger charge is 2.30. The number of hydrogen-bond donors (Lipinski definition) is 0. The van der Waals surface area contributed by atoms with E-state index in [1.165, 1.54) is 42.0 Å². The van der Waals surface area contributed by atoms with Gasteiger partial charge in [0.05, 0.1) is 10.6 Å². The number of nitrogens with zero attached hydrogens (tertiary/aromatic N) is 4. The van der Waals surface area contributed by atoms with Gasteiger partial charge < -0.3 is 4.90 Å². The molecule has 2 fully saturated rings. The molecular formula is C26H30N4O3S. The van der Waals surface area contributed by atoms with Gasteiger partial charge in [-0.2, -0.15) is 9.40 Å². The van der Waals surface area contributed by atoms with Gasteiger partial charge in [-0.05, 0) is 66.8 Å². The van der Waals surface area contributed by atoms with Crippen molar-refractivity contribution in [3.05, 3.63) is 78.1 Å². The van der Waals surface area contributed by atoms with Gasteiger partial charge in [-0.15, -0.1) is 0 Å². The molecule has 2 aromatic carbocycles. The fraction of sp³-hybridized carbons (Fsp3) is 0.385. The highest BCUT2D eigenvalue weighted by molar-refractivity contribution is 7.89. The smallest absolute Gasteiger partial charge is 0.253 e. The molecule has 0 bridgehead atoms. The highest BCUT2D eigenvalue weighted by Crippen LogP contribution is 2.33. The van der Waals surface area contributed by atoms with E-state index >= 15 is 0 Å². The molecule has 1 aliphatic heterocycles. The molecule has 5 rings (SSSR count). The van der Waals surface area contributed by atoms with Crippen LogP contribution in [0.4, 0.5) is 0 Å². The van der Waals surface area contributed by atoms with Gasteiger partial charge in [0.25, 0.3) is 5.91 Å². The zero-order valence-corrected chi connectivity index (χ0v) is 20.0. The van der Waals surface area contributed by atoms with Crippen LogP contribution in [0.25, 0.3) is 5.69 Å². The third kappa shape index (κ3) is 4.65. The van der Waals surface area contributed by atoms with Crippen molar-refractivity contribution >= 4 is 15.9 Å². The Kier molecular flexibility index (Phi) is 6.52. The van der Waals surface area contributed by atoms with Crippen molar-refractivity contribution in [2.45, 2.75) is 42.9 Å². The van der Waals surface area contributed by atoms with Crippen molar-refractivity contribution in [3.63, 3.8) is 0 Å². The number of piperazine rings is 1. The van der Waals surface area contributed by atoms with Gasteiger partial charge in [0, 0.05) is 44.1 Å². The van der Waals surface area contributed by atoms with Gasteiger partial charge in [0.1, 0.15) is 0 Å². The summed E-state index contributed by atoms with van der Waals surface area (Å²) < 4.78 is 29.6. The quantitative estimate of drug-likeness (QED) is 0.554. The summed E-state index contributed by atoms with van der Waals surface area (Å²) in [6.07, 6.45) is 9.73.